The molecule has 0 amide bonds. The van der Waals surface area contributed by atoms with E-state index in [4.69, 9.17) is 10.5 Å². The van der Waals surface area contributed by atoms with Crippen molar-refractivity contribution < 1.29 is 4.74 Å². The van der Waals surface area contributed by atoms with E-state index in [-0.39, 0.29) is 6.04 Å². The van der Waals surface area contributed by atoms with E-state index >= 15 is 0 Å². The van der Waals surface area contributed by atoms with Crippen molar-refractivity contribution >= 4 is 11.3 Å². The lowest BCUT2D eigenvalue weighted by molar-refractivity contribution is 0.322. The molecule has 1 aromatic carbocycles. The summed E-state index contributed by atoms with van der Waals surface area (Å²) in [6.45, 7) is 2.81. The van der Waals surface area contributed by atoms with Crippen LogP contribution in [0.3, 0.4) is 0 Å². The molecule has 1 heterocycles. The number of hydrogen-bond donors (Lipinski definition) is 1. The molecule has 2 nitrogen and oxygen atoms in total. The molecule has 0 radical (unpaired) electrons. The number of thiophene rings is 1. The van der Waals surface area contributed by atoms with Gasteiger partial charge in [-0.3, -0.25) is 0 Å². The van der Waals surface area contributed by atoms with E-state index in [2.05, 4.69) is 23.8 Å². The molecule has 0 unspecified atom stereocenters. The molecule has 18 heavy (non-hydrogen) atoms. The quantitative estimate of drug-likeness (QED) is 0.859. The minimum Gasteiger partial charge on any atom is -0.493 e. The summed E-state index contributed by atoms with van der Waals surface area (Å²) in [7, 11) is 0. The highest BCUT2D eigenvalue weighted by molar-refractivity contribution is 7.07. The second-order valence-electron chi connectivity index (χ2n) is 4.31. The zero-order valence-corrected chi connectivity index (χ0v) is 11.5. The largest absolute Gasteiger partial charge is 0.493 e. The van der Waals surface area contributed by atoms with Crippen LogP contribution in [0.25, 0.3) is 0 Å². The molecule has 0 saturated carbocycles. The van der Waals surface area contributed by atoms with Crippen LogP contribution in [0, 0.1) is 0 Å². The van der Waals surface area contributed by atoms with Crippen LogP contribution >= 0.6 is 11.3 Å². The molecule has 0 spiro atoms. The number of nitrogens with two attached hydrogens (primary N) is 1. The van der Waals surface area contributed by atoms with Gasteiger partial charge in [0.05, 0.1) is 6.61 Å². The van der Waals surface area contributed by atoms with Crippen molar-refractivity contribution in [3.63, 3.8) is 0 Å². The van der Waals surface area contributed by atoms with Crippen molar-refractivity contribution in [3.8, 4) is 5.75 Å². The average Bonchev–Trinajstić information content (AvgIpc) is 2.92. The van der Waals surface area contributed by atoms with Gasteiger partial charge in [-0.1, -0.05) is 19.1 Å². The van der Waals surface area contributed by atoms with Gasteiger partial charge in [0.2, 0.25) is 0 Å². The summed E-state index contributed by atoms with van der Waals surface area (Å²) in [5, 5.41) is 4.25. The van der Waals surface area contributed by atoms with Crippen LogP contribution in [0.4, 0.5) is 0 Å². The summed E-state index contributed by atoms with van der Waals surface area (Å²) in [6.07, 6.45) is 1.91. The maximum Gasteiger partial charge on any atom is 0.119 e. The summed E-state index contributed by atoms with van der Waals surface area (Å²) in [5.74, 6) is 0.914. The van der Waals surface area contributed by atoms with Crippen LogP contribution in [0.5, 0.6) is 5.75 Å². The minimum atomic E-state index is 0.129. The Labute approximate surface area is 112 Å². The zero-order chi connectivity index (χ0) is 12.8. The third kappa shape index (κ3) is 3.59. The van der Waals surface area contributed by atoms with Crippen LogP contribution in [0.15, 0.2) is 41.1 Å². The van der Waals surface area contributed by atoms with E-state index < -0.39 is 0 Å². The monoisotopic (exact) mass is 261 g/mol. The molecule has 0 fully saturated rings. The molecule has 0 aliphatic rings. The smallest absolute Gasteiger partial charge is 0.119 e. The molecule has 3 heteroatoms. The van der Waals surface area contributed by atoms with Gasteiger partial charge in [-0.05, 0) is 46.5 Å². The molecule has 0 bridgehead atoms. The predicted octanol–water partition coefficient (Wildman–Crippen LogP) is 3.78. The average molecular weight is 261 g/mol. The number of hydrogen-bond acceptors (Lipinski definition) is 3. The van der Waals surface area contributed by atoms with Gasteiger partial charge in [0.1, 0.15) is 5.75 Å². The Hall–Kier alpha value is -1.32. The summed E-state index contributed by atoms with van der Waals surface area (Å²) in [4.78, 5) is 0. The van der Waals surface area contributed by atoms with Crippen LogP contribution in [-0.2, 0) is 6.42 Å². The van der Waals surface area contributed by atoms with Crippen molar-refractivity contribution in [2.45, 2.75) is 25.8 Å². The first-order chi connectivity index (χ1) is 8.79. The Kier molecular flexibility index (Phi) is 4.79. The summed E-state index contributed by atoms with van der Waals surface area (Å²) >= 11 is 1.72. The van der Waals surface area contributed by atoms with Crippen molar-refractivity contribution in [2.75, 3.05) is 6.61 Å². The fourth-order valence-electron chi connectivity index (χ4n) is 1.77. The fourth-order valence-corrected chi connectivity index (χ4v) is 2.47. The standard InChI is InChI=1S/C15H19NOS/c1-2-15(16)13-3-5-14(6-4-13)17-9-7-12-8-10-18-11-12/h3-6,8,10-11,15H,2,7,9,16H2,1H3/t15-/m1/s1. The third-order valence-electron chi connectivity index (χ3n) is 2.99. The van der Waals surface area contributed by atoms with E-state index in [0.29, 0.717) is 0 Å². The molecule has 96 valence electrons. The normalized spacial score (nSPS) is 12.3. The lowest BCUT2D eigenvalue weighted by atomic mass is 10.1. The van der Waals surface area contributed by atoms with Gasteiger partial charge in [-0.15, -0.1) is 0 Å². The molecule has 1 aromatic heterocycles. The lowest BCUT2D eigenvalue weighted by Gasteiger charge is -2.10. The Bertz CT molecular complexity index is 450. The minimum absolute atomic E-state index is 0.129. The van der Waals surface area contributed by atoms with Crippen LogP contribution in [-0.4, -0.2) is 6.61 Å². The summed E-state index contributed by atoms with van der Waals surface area (Å²) in [6, 6.07) is 10.4. The fraction of sp³-hybridized carbons (Fsp3) is 0.333. The highest BCUT2D eigenvalue weighted by Crippen LogP contribution is 2.18. The van der Waals surface area contributed by atoms with Gasteiger partial charge >= 0.3 is 0 Å². The van der Waals surface area contributed by atoms with Crippen molar-refractivity contribution in [2.24, 2.45) is 5.73 Å². The topological polar surface area (TPSA) is 35.2 Å². The molecule has 0 saturated heterocycles. The predicted molar refractivity (Wildman–Crippen MR) is 77.2 cm³/mol. The van der Waals surface area contributed by atoms with E-state index in [0.717, 1.165) is 25.2 Å². The van der Waals surface area contributed by atoms with E-state index in [1.165, 1.54) is 11.1 Å². The first-order valence-corrected chi connectivity index (χ1v) is 7.23. The Morgan fingerprint density at radius 2 is 2.00 bits per heavy atom. The van der Waals surface area contributed by atoms with E-state index in [1.807, 2.05) is 24.3 Å². The van der Waals surface area contributed by atoms with Gasteiger partial charge in [0, 0.05) is 12.5 Å². The Morgan fingerprint density at radius 3 is 2.61 bits per heavy atom. The molecular weight excluding hydrogens is 242 g/mol. The SMILES string of the molecule is CC[C@@H](N)c1ccc(OCCc2ccsc2)cc1. The first kappa shape index (κ1) is 13.1. The summed E-state index contributed by atoms with van der Waals surface area (Å²) in [5.41, 5.74) is 8.48. The van der Waals surface area contributed by atoms with Crippen LogP contribution in [0.1, 0.15) is 30.5 Å². The molecule has 0 aliphatic heterocycles. The van der Waals surface area contributed by atoms with E-state index in [9.17, 15) is 0 Å². The lowest BCUT2D eigenvalue weighted by Crippen LogP contribution is -2.08. The molecule has 2 aromatic rings. The van der Waals surface area contributed by atoms with Gasteiger partial charge in [0.25, 0.3) is 0 Å². The number of benzene rings is 1. The third-order valence-corrected chi connectivity index (χ3v) is 3.72. The molecule has 0 aliphatic carbocycles. The first-order valence-electron chi connectivity index (χ1n) is 6.29. The number of ether oxygens (including phenoxy) is 1. The maximum absolute atomic E-state index is 5.97. The highest BCUT2D eigenvalue weighted by atomic mass is 32.1. The molecular formula is C15H19NOS. The second kappa shape index (κ2) is 6.57. The van der Waals surface area contributed by atoms with E-state index in [1.54, 1.807) is 11.3 Å². The van der Waals surface area contributed by atoms with Crippen molar-refractivity contribution in [1.82, 2.24) is 0 Å². The van der Waals surface area contributed by atoms with Crippen LogP contribution < -0.4 is 10.5 Å². The molecule has 2 N–H and O–H groups in total. The van der Waals surface area contributed by atoms with Crippen molar-refractivity contribution in [1.29, 1.82) is 0 Å². The van der Waals surface area contributed by atoms with Gasteiger partial charge in [-0.25, -0.2) is 0 Å². The Morgan fingerprint density at radius 1 is 1.22 bits per heavy atom. The highest BCUT2D eigenvalue weighted by Gasteiger charge is 2.03. The molecule has 1 atom stereocenters. The second-order valence-corrected chi connectivity index (χ2v) is 5.09. The number of rotatable bonds is 6. The Balaban J connectivity index is 1.83. The van der Waals surface area contributed by atoms with Crippen LogP contribution in [0.2, 0.25) is 0 Å². The maximum atomic E-state index is 5.97. The van der Waals surface area contributed by atoms with Gasteiger partial charge < -0.3 is 10.5 Å². The zero-order valence-electron chi connectivity index (χ0n) is 10.6. The molecule has 2 rings (SSSR count). The van der Waals surface area contributed by atoms with Gasteiger partial charge in [0.15, 0.2) is 0 Å². The van der Waals surface area contributed by atoms with Gasteiger partial charge in [-0.2, -0.15) is 11.3 Å². The summed E-state index contributed by atoms with van der Waals surface area (Å²) < 4.78 is 5.71. The van der Waals surface area contributed by atoms with Crippen molar-refractivity contribution in [3.05, 3.63) is 52.2 Å².